The maximum absolute atomic E-state index is 12.3. The summed E-state index contributed by atoms with van der Waals surface area (Å²) in [6.45, 7) is 4.38. The highest BCUT2D eigenvalue weighted by atomic mass is 16.5. The number of aromatic nitrogens is 5. The van der Waals surface area contributed by atoms with Crippen molar-refractivity contribution in [2.24, 2.45) is 13.0 Å². The SMILES string of the molecule is CC(=O)N(Cc1ccc2c(c1)nnn2C)CC1CCN(c2ncc(C(=O)NO)cn2)CC1. The minimum absolute atomic E-state index is 0.0488. The Balaban J connectivity index is 1.34. The Morgan fingerprint density at radius 2 is 1.94 bits per heavy atom. The molecule has 0 saturated carbocycles. The molecule has 3 heterocycles. The van der Waals surface area contributed by atoms with Gasteiger partial charge < -0.3 is 9.80 Å². The zero-order valence-electron chi connectivity index (χ0n) is 18.1. The van der Waals surface area contributed by atoms with Gasteiger partial charge in [-0.1, -0.05) is 11.3 Å². The van der Waals surface area contributed by atoms with Crippen molar-refractivity contribution < 1.29 is 14.8 Å². The third-order valence-corrected chi connectivity index (χ3v) is 5.87. The summed E-state index contributed by atoms with van der Waals surface area (Å²) in [4.78, 5) is 36.1. The summed E-state index contributed by atoms with van der Waals surface area (Å²) in [5.41, 5.74) is 4.58. The highest BCUT2D eigenvalue weighted by molar-refractivity contribution is 5.92. The lowest BCUT2D eigenvalue weighted by molar-refractivity contribution is -0.130. The number of carbonyl (C=O) groups excluding carboxylic acids is 2. The third kappa shape index (κ3) is 4.67. The van der Waals surface area contributed by atoms with E-state index in [1.807, 2.05) is 30.1 Å². The molecule has 0 aliphatic carbocycles. The average Bonchev–Trinajstić information content (AvgIpc) is 3.18. The maximum Gasteiger partial charge on any atom is 0.277 e. The normalized spacial score (nSPS) is 14.5. The van der Waals surface area contributed by atoms with Gasteiger partial charge in [-0.2, -0.15) is 0 Å². The van der Waals surface area contributed by atoms with Crippen molar-refractivity contribution in [1.29, 1.82) is 0 Å². The van der Waals surface area contributed by atoms with Gasteiger partial charge in [0, 0.05) is 52.5 Å². The predicted octanol–water partition coefficient (Wildman–Crippen LogP) is 1.14. The number of amides is 2. The van der Waals surface area contributed by atoms with E-state index in [0.29, 0.717) is 25.0 Å². The van der Waals surface area contributed by atoms with Gasteiger partial charge >= 0.3 is 0 Å². The highest BCUT2D eigenvalue weighted by Crippen LogP contribution is 2.23. The number of anilines is 1. The van der Waals surface area contributed by atoms with Crippen molar-refractivity contribution in [3.05, 3.63) is 41.7 Å². The van der Waals surface area contributed by atoms with Crippen LogP contribution in [0.3, 0.4) is 0 Å². The van der Waals surface area contributed by atoms with E-state index in [9.17, 15) is 9.59 Å². The van der Waals surface area contributed by atoms with Crippen LogP contribution in [-0.2, 0) is 18.4 Å². The average molecular weight is 438 g/mol. The van der Waals surface area contributed by atoms with E-state index >= 15 is 0 Å². The van der Waals surface area contributed by atoms with Crippen molar-refractivity contribution in [2.45, 2.75) is 26.3 Å². The molecule has 0 bridgehead atoms. The second-order valence-corrected chi connectivity index (χ2v) is 8.08. The van der Waals surface area contributed by atoms with Crippen LogP contribution in [0.4, 0.5) is 5.95 Å². The first kappa shape index (κ1) is 21.6. The van der Waals surface area contributed by atoms with Crippen molar-refractivity contribution in [2.75, 3.05) is 24.5 Å². The summed E-state index contributed by atoms with van der Waals surface area (Å²) in [6.07, 6.45) is 4.61. The molecule has 1 saturated heterocycles. The molecule has 4 rings (SSSR count). The molecular weight excluding hydrogens is 412 g/mol. The zero-order chi connectivity index (χ0) is 22.7. The zero-order valence-corrected chi connectivity index (χ0v) is 18.1. The molecule has 1 aromatic carbocycles. The molecule has 1 aliphatic heterocycles. The van der Waals surface area contributed by atoms with Gasteiger partial charge in [0.15, 0.2) is 0 Å². The number of benzene rings is 1. The summed E-state index contributed by atoms with van der Waals surface area (Å²) < 4.78 is 1.73. The van der Waals surface area contributed by atoms with Gasteiger partial charge in [-0.15, -0.1) is 5.10 Å². The third-order valence-electron chi connectivity index (χ3n) is 5.87. The number of fused-ring (bicyclic) bond motifs is 1. The van der Waals surface area contributed by atoms with E-state index in [-0.39, 0.29) is 11.5 Å². The van der Waals surface area contributed by atoms with Crippen LogP contribution in [0.25, 0.3) is 11.0 Å². The van der Waals surface area contributed by atoms with Crippen LogP contribution in [0.2, 0.25) is 0 Å². The molecule has 3 aromatic rings. The molecule has 0 atom stereocenters. The molecule has 2 amide bonds. The highest BCUT2D eigenvalue weighted by Gasteiger charge is 2.24. The molecule has 11 heteroatoms. The van der Waals surface area contributed by atoms with Crippen molar-refractivity contribution in [3.63, 3.8) is 0 Å². The molecule has 1 aliphatic rings. The Morgan fingerprint density at radius 1 is 1.22 bits per heavy atom. The van der Waals surface area contributed by atoms with Crippen LogP contribution in [0.5, 0.6) is 0 Å². The van der Waals surface area contributed by atoms with Crippen molar-refractivity contribution in [3.8, 4) is 0 Å². The largest absolute Gasteiger partial charge is 0.341 e. The van der Waals surface area contributed by atoms with E-state index < -0.39 is 5.91 Å². The first-order chi connectivity index (χ1) is 15.4. The molecule has 0 unspecified atom stereocenters. The van der Waals surface area contributed by atoms with Gasteiger partial charge in [0.1, 0.15) is 5.52 Å². The fourth-order valence-corrected chi connectivity index (χ4v) is 4.00. The molecule has 32 heavy (non-hydrogen) atoms. The first-order valence-corrected chi connectivity index (χ1v) is 10.5. The lowest BCUT2D eigenvalue weighted by Gasteiger charge is -2.34. The fourth-order valence-electron chi connectivity index (χ4n) is 4.00. The standard InChI is InChI=1S/C21H26N8O3/c1-14(30)29(13-16-3-4-19-18(9-16)24-26-27(19)2)12-15-5-7-28(8-6-15)21-22-10-17(11-23-21)20(31)25-32/h3-4,9-11,15,32H,5-8,12-13H2,1-2H3,(H,25,31). The molecule has 0 spiro atoms. The van der Waals surface area contributed by atoms with Crippen LogP contribution >= 0.6 is 0 Å². The number of hydrogen-bond donors (Lipinski definition) is 2. The molecule has 11 nitrogen and oxygen atoms in total. The second kappa shape index (κ2) is 9.27. The van der Waals surface area contributed by atoms with E-state index in [0.717, 1.165) is 42.5 Å². The smallest absolute Gasteiger partial charge is 0.277 e. The number of hydroxylamine groups is 1. The quantitative estimate of drug-likeness (QED) is 0.433. The van der Waals surface area contributed by atoms with Gasteiger partial charge in [0.25, 0.3) is 5.91 Å². The van der Waals surface area contributed by atoms with Crippen LogP contribution in [0, 0.1) is 5.92 Å². The van der Waals surface area contributed by atoms with Crippen LogP contribution in [0.15, 0.2) is 30.6 Å². The minimum Gasteiger partial charge on any atom is -0.341 e. The summed E-state index contributed by atoms with van der Waals surface area (Å²) >= 11 is 0. The van der Waals surface area contributed by atoms with E-state index in [1.54, 1.807) is 17.1 Å². The molecule has 168 valence electrons. The molecule has 2 N–H and O–H groups in total. The van der Waals surface area contributed by atoms with Gasteiger partial charge in [0.05, 0.1) is 11.1 Å². The lowest BCUT2D eigenvalue weighted by atomic mass is 9.96. The number of carbonyl (C=O) groups is 2. The maximum atomic E-state index is 12.3. The van der Waals surface area contributed by atoms with E-state index in [4.69, 9.17) is 5.21 Å². The number of rotatable bonds is 6. The number of aryl methyl sites for hydroxylation is 1. The van der Waals surface area contributed by atoms with Crippen LogP contribution < -0.4 is 10.4 Å². The van der Waals surface area contributed by atoms with Gasteiger partial charge in [0.2, 0.25) is 11.9 Å². The van der Waals surface area contributed by atoms with Crippen LogP contribution in [0.1, 0.15) is 35.7 Å². The summed E-state index contributed by atoms with van der Waals surface area (Å²) in [5.74, 6) is 0.347. The summed E-state index contributed by atoms with van der Waals surface area (Å²) in [5, 5.41) is 16.9. The fraction of sp³-hybridized carbons (Fsp3) is 0.429. The van der Waals surface area contributed by atoms with Gasteiger partial charge in [-0.05, 0) is 36.5 Å². The van der Waals surface area contributed by atoms with E-state index in [2.05, 4.69) is 25.2 Å². The van der Waals surface area contributed by atoms with Gasteiger partial charge in [-0.25, -0.2) is 20.1 Å². The van der Waals surface area contributed by atoms with E-state index in [1.165, 1.54) is 12.4 Å². The van der Waals surface area contributed by atoms with Crippen molar-refractivity contribution >= 4 is 28.8 Å². The first-order valence-electron chi connectivity index (χ1n) is 10.5. The Hall–Kier alpha value is -3.60. The lowest BCUT2D eigenvalue weighted by Crippen LogP contribution is -2.40. The number of piperidine rings is 1. The topological polar surface area (TPSA) is 129 Å². The Morgan fingerprint density at radius 3 is 2.59 bits per heavy atom. The van der Waals surface area contributed by atoms with Gasteiger partial charge in [-0.3, -0.25) is 14.8 Å². The number of nitrogens with zero attached hydrogens (tertiary/aromatic N) is 7. The number of nitrogens with one attached hydrogen (secondary N) is 1. The summed E-state index contributed by atoms with van der Waals surface area (Å²) in [6, 6.07) is 5.98. The predicted molar refractivity (Wildman–Crippen MR) is 116 cm³/mol. The Labute approximate surface area is 185 Å². The Bertz CT molecular complexity index is 1110. The monoisotopic (exact) mass is 438 g/mol. The van der Waals surface area contributed by atoms with Crippen LogP contribution in [-0.4, -0.2) is 66.5 Å². The minimum atomic E-state index is -0.641. The Kier molecular flexibility index (Phi) is 6.26. The van der Waals surface area contributed by atoms with Crippen molar-refractivity contribution in [1.82, 2.24) is 35.3 Å². The second-order valence-electron chi connectivity index (χ2n) is 8.08. The molecule has 2 aromatic heterocycles. The molecule has 1 fully saturated rings. The molecular formula is C21H26N8O3. The number of hydrogen-bond acceptors (Lipinski definition) is 8. The summed E-state index contributed by atoms with van der Waals surface area (Å²) in [7, 11) is 1.86. The molecule has 0 radical (unpaired) electrons.